The Bertz CT molecular complexity index is 1660. The van der Waals surface area contributed by atoms with Crippen molar-refractivity contribution in [2.45, 2.75) is 148 Å². The highest BCUT2D eigenvalue weighted by molar-refractivity contribution is 5.88. The van der Waals surface area contributed by atoms with Crippen LogP contribution in [0.3, 0.4) is 0 Å². The quantitative estimate of drug-likeness (QED) is 0.126. The number of esters is 2. The summed E-state index contributed by atoms with van der Waals surface area (Å²) in [5, 5.41) is 52.7. The van der Waals surface area contributed by atoms with Crippen LogP contribution in [0.25, 0.3) is 0 Å². The Balaban J connectivity index is 1.77. The van der Waals surface area contributed by atoms with Crippen LogP contribution in [0.4, 0.5) is 0 Å². The lowest BCUT2D eigenvalue weighted by molar-refractivity contribution is -0.299. The van der Waals surface area contributed by atoms with Crippen LogP contribution in [-0.2, 0) is 39.8 Å². The van der Waals surface area contributed by atoms with Crippen molar-refractivity contribution in [2.75, 3.05) is 27.3 Å². The number of hydrogen-bond donors (Lipinski definition) is 4. The summed E-state index contributed by atoms with van der Waals surface area (Å²) in [5.41, 5.74) is -2.79. The summed E-state index contributed by atoms with van der Waals surface area (Å²) in [6.45, 7) is 13.9. The Hall–Kier alpha value is -3.70. The van der Waals surface area contributed by atoms with E-state index in [0.717, 1.165) is 5.75 Å². The molecule has 14 atom stereocenters. The maximum absolute atomic E-state index is 14.2. The number of aliphatic hydroxyl groups is 4. The van der Waals surface area contributed by atoms with Crippen LogP contribution in [0, 0.1) is 23.7 Å². The number of aliphatic hydroxyl groups excluding tert-OH is 2. The van der Waals surface area contributed by atoms with Gasteiger partial charge in [-0.2, -0.15) is 0 Å². The first-order chi connectivity index (χ1) is 28.3. The molecule has 0 saturated carbocycles. The molecule has 336 valence electrons. The van der Waals surface area contributed by atoms with Crippen molar-refractivity contribution in [1.82, 2.24) is 9.88 Å². The summed E-state index contributed by atoms with van der Waals surface area (Å²) in [5.74, 6) is -4.27. The number of rotatable bonds is 13. The van der Waals surface area contributed by atoms with E-state index >= 15 is 0 Å². The fourth-order valence-corrected chi connectivity index (χ4v) is 8.60. The SMILES string of the molecule is CC[C@H]1OC(=O)[C@H](C)[C@@H](OC(=O)Cc2ccncc2)[C@H](C)[C@@H](O[C@@H]2O[C@H](C)C[C@H](N(C)C)[C@H]2O)C(C)(O)C[C@@H](C)/C(=N\OCCCOc2ccccc2)[C@H](C)[C@@H](O)[C@]1(C)O. The second-order valence-electron chi connectivity index (χ2n) is 17.4. The number of oxime groups is 1. The van der Waals surface area contributed by atoms with E-state index in [2.05, 4.69) is 10.1 Å². The minimum atomic E-state index is -1.97. The van der Waals surface area contributed by atoms with Gasteiger partial charge in [0.1, 0.15) is 36.3 Å². The minimum absolute atomic E-state index is 0.0380. The van der Waals surface area contributed by atoms with Gasteiger partial charge >= 0.3 is 11.9 Å². The molecule has 0 spiro atoms. The zero-order valence-corrected chi connectivity index (χ0v) is 37.0. The van der Waals surface area contributed by atoms with Crippen LogP contribution in [0.5, 0.6) is 5.75 Å². The number of benzene rings is 1. The average molecular weight is 844 g/mol. The lowest BCUT2D eigenvalue weighted by Gasteiger charge is -2.47. The molecular formula is C45H69N3O12. The molecule has 2 aliphatic heterocycles. The van der Waals surface area contributed by atoms with Crippen molar-refractivity contribution in [1.29, 1.82) is 0 Å². The van der Waals surface area contributed by atoms with Gasteiger partial charge in [0.25, 0.3) is 0 Å². The summed E-state index contributed by atoms with van der Waals surface area (Å²) in [7, 11) is 3.71. The zero-order valence-electron chi connectivity index (χ0n) is 37.0. The van der Waals surface area contributed by atoms with Gasteiger partial charge in [-0.3, -0.25) is 14.6 Å². The number of aromatic nitrogens is 1. The predicted octanol–water partition coefficient (Wildman–Crippen LogP) is 4.32. The Labute approximate surface area is 355 Å². The van der Waals surface area contributed by atoms with Crippen molar-refractivity contribution in [3.63, 3.8) is 0 Å². The number of cyclic esters (lactones) is 1. The molecule has 1 unspecified atom stereocenters. The molecule has 4 rings (SSSR count). The van der Waals surface area contributed by atoms with E-state index in [1.807, 2.05) is 63.2 Å². The molecule has 0 aliphatic carbocycles. The number of carbonyl (C=O) groups is 2. The van der Waals surface area contributed by atoms with Crippen LogP contribution in [0.1, 0.15) is 86.6 Å². The first-order valence-corrected chi connectivity index (χ1v) is 21.2. The van der Waals surface area contributed by atoms with E-state index in [4.69, 9.17) is 28.5 Å². The Morgan fingerprint density at radius 3 is 2.28 bits per heavy atom. The van der Waals surface area contributed by atoms with Crippen molar-refractivity contribution >= 4 is 17.7 Å². The minimum Gasteiger partial charge on any atom is -0.493 e. The Morgan fingerprint density at radius 2 is 1.65 bits per heavy atom. The summed E-state index contributed by atoms with van der Waals surface area (Å²) in [4.78, 5) is 39.6. The second kappa shape index (κ2) is 21.9. The van der Waals surface area contributed by atoms with E-state index in [-0.39, 0.29) is 38.0 Å². The number of pyridine rings is 1. The van der Waals surface area contributed by atoms with Crippen molar-refractivity contribution in [3.8, 4) is 5.75 Å². The van der Waals surface area contributed by atoms with Gasteiger partial charge < -0.3 is 53.8 Å². The highest BCUT2D eigenvalue weighted by Crippen LogP contribution is 2.39. The van der Waals surface area contributed by atoms with Crippen LogP contribution in [0.2, 0.25) is 0 Å². The van der Waals surface area contributed by atoms with Crippen LogP contribution in [0.15, 0.2) is 60.0 Å². The standard InChI is InChI=1S/C45H69N3O12/c1-11-35-45(8,54)40(51)29(4)37(47-56-23-15-22-55-33-16-13-12-14-17-33)27(2)26-44(7,53)41(60-43-38(50)34(48(9)10)24-28(3)57-43)30(5)39(31(6)42(52)58-35)59-36(49)25-32-18-20-46-21-19-32/h12-14,16-21,27-31,34-35,38-41,43,50-51,53-54H,11,15,22-26H2,1-10H3/b47-37+/t27-,28-,29+,30+,31-,34+,35-,38-,39+,40-,41-,43+,44?,45-/m1/s1. The normalized spacial score (nSPS) is 36.6. The van der Waals surface area contributed by atoms with Crippen LogP contribution in [-0.4, -0.2) is 135 Å². The van der Waals surface area contributed by atoms with Gasteiger partial charge in [0.15, 0.2) is 6.29 Å². The predicted molar refractivity (Wildman–Crippen MR) is 224 cm³/mol. The topological polar surface area (TPSA) is 199 Å². The van der Waals surface area contributed by atoms with Gasteiger partial charge in [-0.15, -0.1) is 0 Å². The number of likely N-dealkylation sites (N-methyl/N-ethyl adjacent to an activating group) is 1. The fraction of sp³-hybridized carbons (Fsp3) is 0.689. The van der Waals surface area contributed by atoms with Crippen LogP contribution >= 0.6 is 0 Å². The van der Waals surface area contributed by atoms with E-state index < -0.39 is 83.6 Å². The average Bonchev–Trinajstić information content (AvgIpc) is 3.20. The van der Waals surface area contributed by atoms with Gasteiger partial charge in [-0.25, -0.2) is 0 Å². The lowest BCUT2D eigenvalue weighted by atomic mass is 9.73. The second-order valence-corrected chi connectivity index (χ2v) is 17.4. The number of ether oxygens (including phenoxy) is 5. The molecule has 15 nitrogen and oxygen atoms in total. The zero-order chi connectivity index (χ0) is 44.4. The van der Waals surface area contributed by atoms with Crippen LogP contribution < -0.4 is 4.74 Å². The van der Waals surface area contributed by atoms with Gasteiger partial charge in [-0.1, -0.05) is 51.0 Å². The summed E-state index contributed by atoms with van der Waals surface area (Å²) in [6.07, 6.45) is -3.73. The van der Waals surface area contributed by atoms with Gasteiger partial charge in [0.05, 0.1) is 48.6 Å². The van der Waals surface area contributed by atoms with Crippen molar-refractivity contribution in [3.05, 3.63) is 60.4 Å². The maximum Gasteiger partial charge on any atom is 0.312 e. The molecule has 60 heavy (non-hydrogen) atoms. The maximum atomic E-state index is 14.2. The number of nitrogens with zero attached hydrogens (tertiary/aromatic N) is 3. The Kier molecular flexibility index (Phi) is 17.9. The smallest absolute Gasteiger partial charge is 0.312 e. The van der Waals surface area contributed by atoms with Gasteiger partial charge in [-0.05, 0) is 90.9 Å². The molecule has 1 aromatic heterocycles. The number of para-hydroxylation sites is 1. The van der Waals surface area contributed by atoms with E-state index in [1.165, 1.54) is 6.92 Å². The van der Waals surface area contributed by atoms with Crippen molar-refractivity contribution in [2.24, 2.45) is 28.8 Å². The molecule has 2 aromatic rings. The highest BCUT2D eigenvalue weighted by Gasteiger charge is 2.52. The molecule has 15 heteroatoms. The summed E-state index contributed by atoms with van der Waals surface area (Å²) >= 11 is 0. The molecular weight excluding hydrogens is 775 g/mol. The molecule has 2 aliphatic rings. The third-order valence-electron chi connectivity index (χ3n) is 12.0. The monoisotopic (exact) mass is 843 g/mol. The third-order valence-corrected chi connectivity index (χ3v) is 12.0. The highest BCUT2D eigenvalue weighted by atomic mass is 16.7. The first-order valence-electron chi connectivity index (χ1n) is 21.2. The molecule has 0 bridgehead atoms. The fourth-order valence-electron chi connectivity index (χ4n) is 8.60. The molecule has 3 heterocycles. The molecule has 2 saturated heterocycles. The van der Waals surface area contributed by atoms with E-state index in [0.29, 0.717) is 30.7 Å². The van der Waals surface area contributed by atoms with Gasteiger partial charge in [0, 0.05) is 42.6 Å². The van der Waals surface area contributed by atoms with E-state index in [9.17, 15) is 30.0 Å². The number of carbonyl (C=O) groups excluding carboxylic acids is 2. The lowest BCUT2D eigenvalue weighted by Crippen LogP contribution is -2.60. The summed E-state index contributed by atoms with van der Waals surface area (Å²) < 4.78 is 30.8. The summed E-state index contributed by atoms with van der Waals surface area (Å²) in [6, 6.07) is 12.4. The third kappa shape index (κ3) is 12.7. The molecule has 1 aromatic carbocycles. The number of hydrogen-bond acceptors (Lipinski definition) is 15. The van der Waals surface area contributed by atoms with Gasteiger partial charge in [0.2, 0.25) is 0 Å². The largest absolute Gasteiger partial charge is 0.493 e. The van der Waals surface area contributed by atoms with Crippen molar-refractivity contribution < 1.29 is 58.5 Å². The first kappa shape index (κ1) is 49.0. The molecule has 0 radical (unpaired) electrons. The molecule has 4 N–H and O–H groups in total. The van der Waals surface area contributed by atoms with E-state index in [1.54, 1.807) is 59.1 Å². The Morgan fingerprint density at radius 1 is 0.983 bits per heavy atom. The molecule has 0 amide bonds. The molecule has 2 fully saturated rings.